The standard InChI is InChI=1S/C17H27N/c1-12-10-15(17(3,4)5)7-6-14(12)11-13(2)18-16-8-9-16/h6-7,10,13,16,18H,8-9,11H2,1-5H3. The molecule has 18 heavy (non-hydrogen) atoms. The van der Waals surface area contributed by atoms with Crippen LogP contribution in [0.2, 0.25) is 0 Å². The first kappa shape index (κ1) is 13.6. The van der Waals surface area contributed by atoms with Crippen molar-refractivity contribution in [2.75, 3.05) is 0 Å². The number of rotatable bonds is 4. The molecule has 1 aliphatic rings. The third-order valence-electron chi connectivity index (χ3n) is 3.83. The smallest absolute Gasteiger partial charge is 0.00818 e. The highest BCUT2D eigenvalue weighted by Gasteiger charge is 2.23. The summed E-state index contributed by atoms with van der Waals surface area (Å²) < 4.78 is 0. The van der Waals surface area contributed by atoms with Gasteiger partial charge in [0.1, 0.15) is 0 Å². The van der Waals surface area contributed by atoms with Crippen molar-refractivity contribution in [1.82, 2.24) is 5.32 Å². The molecule has 1 unspecified atom stereocenters. The average Bonchev–Trinajstić information content (AvgIpc) is 3.03. The van der Waals surface area contributed by atoms with Gasteiger partial charge in [-0.15, -0.1) is 0 Å². The zero-order valence-electron chi connectivity index (χ0n) is 12.5. The van der Waals surface area contributed by atoms with Crippen molar-refractivity contribution >= 4 is 0 Å². The van der Waals surface area contributed by atoms with Crippen molar-refractivity contribution < 1.29 is 0 Å². The Morgan fingerprint density at radius 3 is 2.44 bits per heavy atom. The van der Waals surface area contributed by atoms with E-state index in [1.807, 2.05) is 0 Å². The fourth-order valence-electron chi connectivity index (χ4n) is 2.43. The fourth-order valence-corrected chi connectivity index (χ4v) is 2.43. The third kappa shape index (κ3) is 3.58. The van der Waals surface area contributed by atoms with Crippen molar-refractivity contribution in [2.24, 2.45) is 0 Å². The van der Waals surface area contributed by atoms with Gasteiger partial charge in [-0.1, -0.05) is 39.0 Å². The lowest BCUT2D eigenvalue weighted by atomic mass is 9.85. The molecular weight excluding hydrogens is 218 g/mol. The van der Waals surface area contributed by atoms with Crippen LogP contribution >= 0.6 is 0 Å². The predicted octanol–water partition coefficient (Wildman–Crippen LogP) is 3.98. The zero-order valence-corrected chi connectivity index (χ0v) is 12.5. The van der Waals surface area contributed by atoms with Gasteiger partial charge in [0.25, 0.3) is 0 Å². The van der Waals surface area contributed by atoms with E-state index in [2.05, 4.69) is 58.1 Å². The monoisotopic (exact) mass is 245 g/mol. The van der Waals surface area contributed by atoms with E-state index in [1.54, 1.807) is 0 Å². The van der Waals surface area contributed by atoms with Crippen LogP contribution in [0.4, 0.5) is 0 Å². The van der Waals surface area contributed by atoms with Crippen LogP contribution < -0.4 is 5.32 Å². The van der Waals surface area contributed by atoms with Crippen LogP contribution in [0.15, 0.2) is 18.2 Å². The van der Waals surface area contributed by atoms with Gasteiger partial charge in [-0.05, 0) is 55.2 Å². The molecule has 1 aromatic carbocycles. The maximum atomic E-state index is 3.67. The first-order valence-electron chi connectivity index (χ1n) is 7.22. The lowest BCUT2D eigenvalue weighted by molar-refractivity contribution is 0.541. The zero-order chi connectivity index (χ0) is 13.3. The van der Waals surface area contributed by atoms with Gasteiger partial charge in [-0.2, -0.15) is 0 Å². The Kier molecular flexibility index (Phi) is 3.82. The Morgan fingerprint density at radius 2 is 1.94 bits per heavy atom. The second-order valence-electron chi connectivity index (χ2n) is 6.94. The molecule has 0 aromatic heterocycles. The van der Waals surface area contributed by atoms with E-state index in [0.717, 1.165) is 12.5 Å². The molecule has 0 amide bonds. The Labute approximate surface area is 112 Å². The van der Waals surface area contributed by atoms with E-state index in [1.165, 1.54) is 29.5 Å². The van der Waals surface area contributed by atoms with Gasteiger partial charge in [0.2, 0.25) is 0 Å². The van der Waals surface area contributed by atoms with Crippen LogP contribution in [-0.2, 0) is 11.8 Å². The SMILES string of the molecule is Cc1cc(C(C)(C)C)ccc1CC(C)NC1CC1. The van der Waals surface area contributed by atoms with Crippen LogP contribution in [0.5, 0.6) is 0 Å². The molecule has 0 saturated heterocycles. The molecule has 0 heterocycles. The van der Waals surface area contributed by atoms with Crippen molar-refractivity contribution in [3.8, 4) is 0 Å². The van der Waals surface area contributed by atoms with Crippen LogP contribution in [-0.4, -0.2) is 12.1 Å². The number of hydrogen-bond acceptors (Lipinski definition) is 1. The minimum atomic E-state index is 0.251. The lowest BCUT2D eigenvalue weighted by Crippen LogP contribution is -2.30. The quantitative estimate of drug-likeness (QED) is 0.846. The van der Waals surface area contributed by atoms with Gasteiger partial charge in [-0.25, -0.2) is 0 Å². The van der Waals surface area contributed by atoms with Gasteiger partial charge in [-0.3, -0.25) is 0 Å². The van der Waals surface area contributed by atoms with E-state index in [4.69, 9.17) is 0 Å². The molecule has 1 N–H and O–H groups in total. The molecule has 1 saturated carbocycles. The molecule has 0 bridgehead atoms. The predicted molar refractivity (Wildman–Crippen MR) is 79.2 cm³/mol. The number of hydrogen-bond donors (Lipinski definition) is 1. The van der Waals surface area contributed by atoms with E-state index >= 15 is 0 Å². The molecule has 0 spiro atoms. The van der Waals surface area contributed by atoms with Crippen LogP contribution in [0.3, 0.4) is 0 Å². The maximum absolute atomic E-state index is 3.67. The van der Waals surface area contributed by atoms with Gasteiger partial charge in [0.05, 0.1) is 0 Å². The van der Waals surface area contributed by atoms with Crippen LogP contribution in [0.1, 0.15) is 57.2 Å². The first-order valence-corrected chi connectivity index (χ1v) is 7.22. The third-order valence-corrected chi connectivity index (χ3v) is 3.83. The summed E-state index contributed by atoms with van der Waals surface area (Å²) in [6, 6.07) is 8.37. The van der Waals surface area contributed by atoms with E-state index in [9.17, 15) is 0 Å². The molecular formula is C17H27N. The van der Waals surface area contributed by atoms with Crippen molar-refractivity contribution in [3.05, 3.63) is 34.9 Å². The fraction of sp³-hybridized carbons (Fsp3) is 0.647. The molecule has 1 nitrogen and oxygen atoms in total. The summed E-state index contributed by atoms with van der Waals surface area (Å²) in [5.74, 6) is 0. The lowest BCUT2D eigenvalue weighted by Gasteiger charge is -2.21. The molecule has 2 rings (SSSR count). The Morgan fingerprint density at radius 1 is 1.28 bits per heavy atom. The Balaban J connectivity index is 2.04. The van der Waals surface area contributed by atoms with Crippen LogP contribution in [0.25, 0.3) is 0 Å². The molecule has 1 atom stereocenters. The normalized spacial score (nSPS) is 17.8. The minimum Gasteiger partial charge on any atom is -0.311 e. The highest BCUT2D eigenvalue weighted by molar-refractivity contribution is 5.34. The summed E-state index contributed by atoms with van der Waals surface area (Å²) in [4.78, 5) is 0. The van der Waals surface area contributed by atoms with Gasteiger partial charge in [0.15, 0.2) is 0 Å². The summed E-state index contributed by atoms with van der Waals surface area (Å²) in [6.07, 6.45) is 3.88. The van der Waals surface area contributed by atoms with E-state index in [0.29, 0.717) is 6.04 Å². The van der Waals surface area contributed by atoms with Gasteiger partial charge >= 0.3 is 0 Å². The highest BCUT2D eigenvalue weighted by atomic mass is 15.0. The average molecular weight is 245 g/mol. The number of nitrogens with one attached hydrogen (secondary N) is 1. The summed E-state index contributed by atoms with van der Waals surface area (Å²) >= 11 is 0. The first-order chi connectivity index (χ1) is 8.36. The Hall–Kier alpha value is -0.820. The molecule has 0 radical (unpaired) electrons. The highest BCUT2D eigenvalue weighted by Crippen LogP contribution is 2.25. The van der Waals surface area contributed by atoms with E-state index < -0.39 is 0 Å². The summed E-state index contributed by atoms with van der Waals surface area (Å²) in [5, 5.41) is 3.67. The molecule has 1 aliphatic carbocycles. The van der Waals surface area contributed by atoms with E-state index in [-0.39, 0.29) is 5.41 Å². The molecule has 1 heteroatoms. The van der Waals surface area contributed by atoms with Crippen LogP contribution in [0, 0.1) is 6.92 Å². The second-order valence-corrected chi connectivity index (χ2v) is 6.94. The summed E-state index contributed by atoms with van der Waals surface area (Å²) in [6.45, 7) is 11.4. The molecule has 100 valence electrons. The van der Waals surface area contributed by atoms with Crippen molar-refractivity contribution in [1.29, 1.82) is 0 Å². The number of aryl methyl sites for hydroxylation is 1. The minimum absolute atomic E-state index is 0.251. The Bertz CT molecular complexity index is 410. The van der Waals surface area contributed by atoms with Crippen molar-refractivity contribution in [2.45, 2.75) is 71.4 Å². The van der Waals surface area contributed by atoms with Crippen molar-refractivity contribution in [3.63, 3.8) is 0 Å². The molecule has 1 aromatic rings. The second kappa shape index (κ2) is 5.05. The maximum Gasteiger partial charge on any atom is 0.00818 e. The molecule has 1 fully saturated rings. The number of benzene rings is 1. The summed E-state index contributed by atoms with van der Waals surface area (Å²) in [7, 11) is 0. The molecule has 0 aliphatic heterocycles. The van der Waals surface area contributed by atoms with Gasteiger partial charge in [0, 0.05) is 12.1 Å². The largest absolute Gasteiger partial charge is 0.311 e. The summed E-state index contributed by atoms with van der Waals surface area (Å²) in [5.41, 5.74) is 4.61. The van der Waals surface area contributed by atoms with Gasteiger partial charge < -0.3 is 5.32 Å². The topological polar surface area (TPSA) is 12.0 Å².